The van der Waals surface area contributed by atoms with Crippen LogP contribution in [0.25, 0.3) is 11.1 Å². The van der Waals surface area contributed by atoms with Crippen LogP contribution in [-0.4, -0.2) is 35.8 Å². The first-order chi connectivity index (χ1) is 13.2. The molecule has 2 aromatic carbocycles. The monoisotopic (exact) mass is 379 g/mol. The van der Waals surface area contributed by atoms with Gasteiger partial charge in [0.1, 0.15) is 17.5 Å². The second kappa shape index (κ2) is 7.81. The molecule has 1 saturated heterocycles. The van der Waals surface area contributed by atoms with Crippen molar-refractivity contribution in [1.29, 1.82) is 5.26 Å². The summed E-state index contributed by atoms with van der Waals surface area (Å²) in [6.45, 7) is 6.62. The summed E-state index contributed by atoms with van der Waals surface area (Å²) in [5.74, 6) is 0.681. The molecule has 28 heavy (non-hydrogen) atoms. The molecule has 1 amide bonds. The molecule has 146 valence electrons. The van der Waals surface area contributed by atoms with Crippen LogP contribution in [0.4, 0.5) is 10.5 Å². The topological polar surface area (TPSA) is 88.6 Å². The number of nitrogen functional groups attached to an aromatic ring is 1. The minimum atomic E-state index is -0.522. The van der Waals surface area contributed by atoms with E-state index in [2.05, 4.69) is 6.07 Å². The summed E-state index contributed by atoms with van der Waals surface area (Å²) in [5.41, 5.74) is 8.33. The zero-order valence-corrected chi connectivity index (χ0v) is 16.4. The van der Waals surface area contributed by atoms with E-state index in [1.54, 1.807) is 17.0 Å². The maximum Gasteiger partial charge on any atom is 0.410 e. The molecule has 1 fully saturated rings. The molecule has 0 unspecified atom stereocenters. The fraction of sp³-hybridized carbons (Fsp3) is 0.364. The quantitative estimate of drug-likeness (QED) is 0.808. The Morgan fingerprint density at radius 3 is 2.75 bits per heavy atom. The molecule has 0 aliphatic carbocycles. The number of amides is 1. The Hall–Kier alpha value is -3.20. The lowest BCUT2D eigenvalue weighted by molar-refractivity contribution is 0.0276. The van der Waals surface area contributed by atoms with Gasteiger partial charge in [0.25, 0.3) is 0 Å². The van der Waals surface area contributed by atoms with Crippen LogP contribution in [0.2, 0.25) is 0 Å². The van der Waals surface area contributed by atoms with Crippen LogP contribution >= 0.6 is 0 Å². The van der Waals surface area contributed by atoms with E-state index in [9.17, 15) is 4.79 Å². The molecule has 1 heterocycles. The summed E-state index contributed by atoms with van der Waals surface area (Å²) >= 11 is 0. The Morgan fingerprint density at radius 2 is 2.04 bits per heavy atom. The SMILES string of the molecule is CC(C)(C)OC(=O)N1CC[C@@H](Oc2ccc(N)cc2-c2cccc(C#N)c2)C1. The van der Waals surface area contributed by atoms with Gasteiger partial charge in [-0.25, -0.2) is 4.79 Å². The van der Waals surface area contributed by atoms with Gasteiger partial charge in [-0.05, 0) is 56.7 Å². The number of anilines is 1. The maximum atomic E-state index is 12.3. The van der Waals surface area contributed by atoms with Crippen molar-refractivity contribution in [2.75, 3.05) is 18.8 Å². The molecule has 2 N–H and O–H groups in total. The number of benzene rings is 2. The molecule has 3 rings (SSSR count). The summed E-state index contributed by atoms with van der Waals surface area (Å²) in [6.07, 6.45) is 0.272. The van der Waals surface area contributed by atoms with Gasteiger partial charge in [-0.3, -0.25) is 0 Å². The fourth-order valence-electron chi connectivity index (χ4n) is 3.13. The highest BCUT2D eigenvalue weighted by atomic mass is 16.6. The molecule has 0 saturated carbocycles. The van der Waals surface area contributed by atoms with Crippen LogP contribution in [0.3, 0.4) is 0 Å². The largest absolute Gasteiger partial charge is 0.488 e. The lowest BCUT2D eigenvalue weighted by Gasteiger charge is -2.24. The minimum Gasteiger partial charge on any atom is -0.488 e. The zero-order valence-electron chi connectivity index (χ0n) is 16.4. The third kappa shape index (κ3) is 4.74. The number of rotatable bonds is 3. The van der Waals surface area contributed by atoms with E-state index in [4.69, 9.17) is 20.5 Å². The van der Waals surface area contributed by atoms with Crippen molar-refractivity contribution in [2.24, 2.45) is 0 Å². The number of hydrogen-bond donors (Lipinski definition) is 1. The van der Waals surface area contributed by atoms with Crippen molar-refractivity contribution < 1.29 is 14.3 Å². The standard InChI is InChI=1S/C22H25N3O3/c1-22(2,3)28-21(26)25-10-9-18(14-25)27-20-8-7-17(24)12-19(20)16-6-4-5-15(11-16)13-23/h4-8,11-12,18H,9-10,14,24H2,1-3H3/t18-/m1/s1. The van der Waals surface area contributed by atoms with E-state index in [0.29, 0.717) is 30.1 Å². The van der Waals surface area contributed by atoms with Gasteiger partial charge in [-0.15, -0.1) is 0 Å². The van der Waals surface area contributed by atoms with E-state index >= 15 is 0 Å². The summed E-state index contributed by atoms with van der Waals surface area (Å²) in [5, 5.41) is 9.17. The van der Waals surface area contributed by atoms with Crippen molar-refractivity contribution in [1.82, 2.24) is 4.90 Å². The molecule has 1 atom stereocenters. The van der Waals surface area contributed by atoms with Crippen LogP contribution in [0.1, 0.15) is 32.8 Å². The van der Waals surface area contributed by atoms with Crippen LogP contribution in [-0.2, 0) is 4.74 Å². The average Bonchev–Trinajstić information content (AvgIpc) is 3.11. The smallest absolute Gasteiger partial charge is 0.410 e. The number of likely N-dealkylation sites (tertiary alicyclic amines) is 1. The Kier molecular flexibility index (Phi) is 5.46. The van der Waals surface area contributed by atoms with Crippen LogP contribution in [0.15, 0.2) is 42.5 Å². The fourth-order valence-corrected chi connectivity index (χ4v) is 3.13. The Bertz CT molecular complexity index is 912. The normalized spacial score (nSPS) is 16.5. The van der Waals surface area contributed by atoms with Crippen molar-refractivity contribution in [2.45, 2.75) is 38.9 Å². The molecule has 0 aromatic heterocycles. The Morgan fingerprint density at radius 1 is 1.25 bits per heavy atom. The molecule has 0 spiro atoms. The van der Waals surface area contributed by atoms with Crippen molar-refractivity contribution in [3.63, 3.8) is 0 Å². The van der Waals surface area contributed by atoms with Gasteiger partial charge in [-0.1, -0.05) is 12.1 Å². The van der Waals surface area contributed by atoms with Gasteiger partial charge in [0.15, 0.2) is 0 Å². The molecule has 1 aliphatic rings. The molecular weight excluding hydrogens is 354 g/mol. The lowest BCUT2D eigenvalue weighted by Crippen LogP contribution is -2.36. The first-order valence-electron chi connectivity index (χ1n) is 9.30. The second-order valence-electron chi connectivity index (χ2n) is 7.90. The molecule has 0 bridgehead atoms. The third-order valence-corrected chi connectivity index (χ3v) is 4.40. The van der Waals surface area contributed by atoms with Gasteiger partial charge in [0.05, 0.1) is 18.2 Å². The average molecular weight is 379 g/mol. The van der Waals surface area contributed by atoms with Crippen molar-refractivity contribution in [3.8, 4) is 22.9 Å². The van der Waals surface area contributed by atoms with Gasteiger partial charge in [-0.2, -0.15) is 5.26 Å². The summed E-state index contributed by atoms with van der Waals surface area (Å²) in [4.78, 5) is 13.9. The van der Waals surface area contributed by atoms with Crippen LogP contribution in [0.5, 0.6) is 5.75 Å². The van der Waals surface area contributed by atoms with E-state index in [1.165, 1.54) is 0 Å². The van der Waals surface area contributed by atoms with Crippen molar-refractivity contribution >= 4 is 11.8 Å². The lowest BCUT2D eigenvalue weighted by atomic mass is 10.0. The second-order valence-corrected chi connectivity index (χ2v) is 7.90. The molecular formula is C22H25N3O3. The molecule has 0 radical (unpaired) electrons. The predicted molar refractivity (Wildman–Crippen MR) is 108 cm³/mol. The Labute approximate surface area is 165 Å². The van der Waals surface area contributed by atoms with E-state index in [0.717, 1.165) is 17.5 Å². The summed E-state index contributed by atoms with van der Waals surface area (Å²) < 4.78 is 11.7. The van der Waals surface area contributed by atoms with Gasteiger partial charge < -0.3 is 20.1 Å². The highest BCUT2D eigenvalue weighted by molar-refractivity contribution is 5.75. The number of ether oxygens (including phenoxy) is 2. The minimum absolute atomic E-state index is 0.131. The molecule has 6 heteroatoms. The summed E-state index contributed by atoms with van der Waals surface area (Å²) in [7, 11) is 0. The predicted octanol–water partition coefficient (Wildman–Crippen LogP) is 4.20. The summed E-state index contributed by atoms with van der Waals surface area (Å²) in [6, 6.07) is 14.9. The number of nitriles is 1. The van der Waals surface area contributed by atoms with Gasteiger partial charge in [0.2, 0.25) is 0 Å². The molecule has 2 aromatic rings. The Balaban J connectivity index is 1.77. The van der Waals surface area contributed by atoms with Crippen LogP contribution < -0.4 is 10.5 Å². The number of nitrogens with two attached hydrogens (primary N) is 1. The van der Waals surface area contributed by atoms with Crippen molar-refractivity contribution in [3.05, 3.63) is 48.0 Å². The number of carbonyl (C=O) groups is 1. The third-order valence-electron chi connectivity index (χ3n) is 4.40. The maximum absolute atomic E-state index is 12.3. The van der Waals surface area contributed by atoms with Crippen LogP contribution in [0, 0.1) is 11.3 Å². The number of nitrogens with zero attached hydrogens (tertiary/aromatic N) is 2. The van der Waals surface area contributed by atoms with Gasteiger partial charge in [0, 0.05) is 24.2 Å². The van der Waals surface area contributed by atoms with E-state index in [1.807, 2.05) is 51.1 Å². The number of carbonyl (C=O) groups excluding carboxylic acids is 1. The van der Waals surface area contributed by atoms with E-state index < -0.39 is 5.60 Å². The zero-order chi connectivity index (χ0) is 20.3. The van der Waals surface area contributed by atoms with E-state index in [-0.39, 0.29) is 12.2 Å². The molecule has 6 nitrogen and oxygen atoms in total. The highest BCUT2D eigenvalue weighted by Crippen LogP contribution is 2.34. The number of hydrogen-bond acceptors (Lipinski definition) is 5. The highest BCUT2D eigenvalue weighted by Gasteiger charge is 2.31. The van der Waals surface area contributed by atoms with Gasteiger partial charge >= 0.3 is 6.09 Å². The first-order valence-corrected chi connectivity index (χ1v) is 9.30. The first kappa shape index (κ1) is 19.6. The molecule has 1 aliphatic heterocycles.